The third-order valence-electron chi connectivity index (χ3n) is 3.49. The zero-order valence-electron chi connectivity index (χ0n) is 19.3. The van der Waals surface area contributed by atoms with Gasteiger partial charge >= 0.3 is 6.09 Å². The summed E-state index contributed by atoms with van der Waals surface area (Å²) < 4.78 is 5.45. The molecule has 1 heterocycles. The highest BCUT2D eigenvalue weighted by atomic mass is 16.6. The quantitative estimate of drug-likeness (QED) is 0.611. The Morgan fingerprint density at radius 1 is 0.889 bits per heavy atom. The SMILES string of the molecule is CC.CC.CC.CC(C)(C)OC(=O)N1CCCN(Cc2ccccc2)CC1. The largest absolute Gasteiger partial charge is 0.444 e. The van der Waals surface area contributed by atoms with Gasteiger partial charge < -0.3 is 9.64 Å². The molecule has 0 unspecified atom stereocenters. The van der Waals surface area contributed by atoms with E-state index >= 15 is 0 Å². The van der Waals surface area contributed by atoms with Gasteiger partial charge in [0, 0.05) is 32.7 Å². The lowest BCUT2D eigenvalue weighted by molar-refractivity contribution is 0.0257. The molecular formula is C23H44N2O2. The van der Waals surface area contributed by atoms with Crippen LogP contribution in [0.5, 0.6) is 0 Å². The summed E-state index contributed by atoms with van der Waals surface area (Å²) in [5.41, 5.74) is 0.899. The molecule has 1 fully saturated rings. The molecule has 0 radical (unpaired) electrons. The molecule has 1 aromatic rings. The standard InChI is InChI=1S/C17H26N2O2.3C2H6/c1-17(2,3)21-16(20)19-11-7-10-18(12-13-19)14-15-8-5-4-6-9-15;3*1-2/h4-6,8-9H,7,10-14H2,1-3H3;3*1-2H3. The first kappa shape index (κ1) is 27.7. The van der Waals surface area contributed by atoms with Gasteiger partial charge in [-0.25, -0.2) is 4.79 Å². The lowest BCUT2D eigenvalue weighted by atomic mass is 10.2. The van der Waals surface area contributed by atoms with E-state index in [-0.39, 0.29) is 6.09 Å². The Morgan fingerprint density at radius 3 is 1.96 bits per heavy atom. The van der Waals surface area contributed by atoms with E-state index in [1.54, 1.807) is 0 Å². The molecule has 27 heavy (non-hydrogen) atoms. The second-order valence-electron chi connectivity index (χ2n) is 6.58. The molecule has 1 saturated heterocycles. The Balaban J connectivity index is 0. The molecule has 2 rings (SSSR count). The molecule has 0 spiro atoms. The van der Waals surface area contributed by atoms with Crippen LogP contribution < -0.4 is 0 Å². The molecule has 1 aromatic carbocycles. The highest BCUT2D eigenvalue weighted by molar-refractivity contribution is 5.68. The van der Waals surface area contributed by atoms with Crippen molar-refractivity contribution in [2.24, 2.45) is 0 Å². The van der Waals surface area contributed by atoms with Crippen LogP contribution in [0.3, 0.4) is 0 Å². The molecule has 1 aliphatic rings. The molecule has 0 aromatic heterocycles. The van der Waals surface area contributed by atoms with E-state index in [1.807, 2.05) is 73.3 Å². The molecule has 4 nitrogen and oxygen atoms in total. The number of ether oxygens (including phenoxy) is 1. The Labute approximate surface area is 168 Å². The first-order valence-corrected chi connectivity index (χ1v) is 10.7. The van der Waals surface area contributed by atoms with Gasteiger partial charge in [-0.3, -0.25) is 4.90 Å². The molecule has 0 atom stereocenters. The van der Waals surface area contributed by atoms with Crippen molar-refractivity contribution in [2.45, 2.75) is 80.9 Å². The van der Waals surface area contributed by atoms with Crippen molar-refractivity contribution < 1.29 is 9.53 Å². The second kappa shape index (κ2) is 16.6. The molecule has 158 valence electrons. The number of nitrogens with zero attached hydrogens (tertiary/aromatic N) is 2. The van der Waals surface area contributed by atoms with Crippen molar-refractivity contribution in [3.8, 4) is 0 Å². The van der Waals surface area contributed by atoms with Gasteiger partial charge in [-0.2, -0.15) is 0 Å². The first-order chi connectivity index (χ1) is 12.9. The van der Waals surface area contributed by atoms with Gasteiger partial charge in [0.15, 0.2) is 0 Å². The fraction of sp³-hybridized carbons (Fsp3) is 0.696. The van der Waals surface area contributed by atoms with Crippen LogP contribution >= 0.6 is 0 Å². The third kappa shape index (κ3) is 13.3. The van der Waals surface area contributed by atoms with Crippen molar-refractivity contribution in [1.82, 2.24) is 9.80 Å². The van der Waals surface area contributed by atoms with Gasteiger partial charge in [-0.15, -0.1) is 0 Å². The molecule has 1 amide bonds. The number of amides is 1. The van der Waals surface area contributed by atoms with E-state index in [1.165, 1.54) is 5.56 Å². The number of hydrogen-bond acceptors (Lipinski definition) is 3. The fourth-order valence-corrected chi connectivity index (χ4v) is 2.48. The van der Waals surface area contributed by atoms with Crippen LogP contribution in [0.1, 0.15) is 74.3 Å². The third-order valence-corrected chi connectivity index (χ3v) is 3.49. The average molecular weight is 381 g/mol. The van der Waals surface area contributed by atoms with Crippen LogP contribution in [-0.4, -0.2) is 47.7 Å². The zero-order chi connectivity index (χ0) is 21.3. The Bertz CT molecular complexity index is 455. The lowest BCUT2D eigenvalue weighted by Gasteiger charge is -2.26. The van der Waals surface area contributed by atoms with Gasteiger partial charge in [0.05, 0.1) is 0 Å². The zero-order valence-corrected chi connectivity index (χ0v) is 19.3. The lowest BCUT2D eigenvalue weighted by Crippen LogP contribution is -2.39. The number of carbonyl (C=O) groups excluding carboxylic acids is 1. The summed E-state index contributed by atoms with van der Waals surface area (Å²) in [6, 6.07) is 10.5. The van der Waals surface area contributed by atoms with Crippen molar-refractivity contribution in [2.75, 3.05) is 26.2 Å². The number of carbonyl (C=O) groups is 1. The molecule has 4 heteroatoms. The maximum atomic E-state index is 12.1. The number of hydrogen-bond donors (Lipinski definition) is 0. The van der Waals surface area contributed by atoms with E-state index in [4.69, 9.17) is 4.74 Å². The van der Waals surface area contributed by atoms with Crippen LogP contribution in [0.25, 0.3) is 0 Å². The van der Waals surface area contributed by atoms with Gasteiger partial charge in [-0.05, 0) is 32.8 Å². The Morgan fingerprint density at radius 2 is 1.44 bits per heavy atom. The highest BCUT2D eigenvalue weighted by Crippen LogP contribution is 2.13. The van der Waals surface area contributed by atoms with Crippen LogP contribution in [-0.2, 0) is 11.3 Å². The van der Waals surface area contributed by atoms with Crippen LogP contribution in [0.2, 0.25) is 0 Å². The minimum Gasteiger partial charge on any atom is -0.444 e. The summed E-state index contributed by atoms with van der Waals surface area (Å²) in [6.45, 7) is 22.1. The minimum absolute atomic E-state index is 0.191. The van der Waals surface area contributed by atoms with Crippen molar-refractivity contribution in [3.05, 3.63) is 35.9 Å². The van der Waals surface area contributed by atoms with Crippen molar-refractivity contribution in [1.29, 1.82) is 0 Å². The second-order valence-corrected chi connectivity index (χ2v) is 6.58. The van der Waals surface area contributed by atoms with Gasteiger partial charge in [0.1, 0.15) is 5.60 Å². The maximum Gasteiger partial charge on any atom is 0.410 e. The Hall–Kier alpha value is -1.55. The normalized spacial score (nSPS) is 14.2. The summed E-state index contributed by atoms with van der Waals surface area (Å²) in [5, 5.41) is 0. The average Bonchev–Trinajstić information content (AvgIpc) is 2.92. The summed E-state index contributed by atoms with van der Waals surface area (Å²) in [5.74, 6) is 0. The molecule has 1 aliphatic heterocycles. The summed E-state index contributed by atoms with van der Waals surface area (Å²) in [6.07, 6.45) is 0.801. The van der Waals surface area contributed by atoms with E-state index in [9.17, 15) is 4.79 Å². The van der Waals surface area contributed by atoms with Gasteiger partial charge in [-0.1, -0.05) is 71.9 Å². The summed E-state index contributed by atoms with van der Waals surface area (Å²) >= 11 is 0. The monoisotopic (exact) mass is 380 g/mol. The molecular weight excluding hydrogens is 336 g/mol. The minimum atomic E-state index is -0.423. The predicted octanol–water partition coefficient (Wildman–Crippen LogP) is 6.21. The van der Waals surface area contributed by atoms with Crippen LogP contribution in [0, 0.1) is 0 Å². The molecule has 0 saturated carbocycles. The molecule has 0 N–H and O–H groups in total. The fourth-order valence-electron chi connectivity index (χ4n) is 2.48. The molecule has 0 bridgehead atoms. The van der Waals surface area contributed by atoms with Crippen LogP contribution in [0.15, 0.2) is 30.3 Å². The smallest absolute Gasteiger partial charge is 0.410 e. The van der Waals surface area contributed by atoms with Gasteiger partial charge in [0.25, 0.3) is 0 Å². The number of rotatable bonds is 2. The van der Waals surface area contributed by atoms with Crippen molar-refractivity contribution >= 4 is 6.09 Å². The highest BCUT2D eigenvalue weighted by Gasteiger charge is 2.24. The summed E-state index contributed by atoms with van der Waals surface area (Å²) in [7, 11) is 0. The molecule has 0 aliphatic carbocycles. The van der Waals surface area contributed by atoms with E-state index in [2.05, 4.69) is 29.2 Å². The van der Waals surface area contributed by atoms with E-state index in [0.717, 1.165) is 39.1 Å². The first-order valence-electron chi connectivity index (χ1n) is 10.7. The summed E-state index contributed by atoms with van der Waals surface area (Å²) in [4.78, 5) is 16.3. The topological polar surface area (TPSA) is 32.8 Å². The Kier molecular flexibility index (Phi) is 17.0. The predicted molar refractivity (Wildman–Crippen MR) is 118 cm³/mol. The van der Waals surface area contributed by atoms with E-state index in [0.29, 0.717) is 0 Å². The number of benzene rings is 1. The van der Waals surface area contributed by atoms with Crippen LogP contribution in [0.4, 0.5) is 4.79 Å². The van der Waals surface area contributed by atoms with E-state index < -0.39 is 5.60 Å². The van der Waals surface area contributed by atoms with Crippen molar-refractivity contribution in [3.63, 3.8) is 0 Å². The maximum absolute atomic E-state index is 12.1. The van der Waals surface area contributed by atoms with Gasteiger partial charge in [0.2, 0.25) is 0 Å².